The van der Waals surface area contributed by atoms with E-state index < -0.39 is 14.9 Å². The predicted octanol–water partition coefficient (Wildman–Crippen LogP) is 2.47. The highest BCUT2D eigenvalue weighted by Crippen LogP contribution is 2.18. The molecular weight excluding hydrogens is 286 g/mol. The Kier molecular flexibility index (Phi) is 6.40. The van der Waals surface area contributed by atoms with Crippen molar-refractivity contribution >= 4 is 21.8 Å². The van der Waals surface area contributed by atoms with Gasteiger partial charge in [-0.25, -0.2) is 13.6 Å². The molecule has 0 amide bonds. The molecule has 0 aliphatic carbocycles. The van der Waals surface area contributed by atoms with E-state index in [4.69, 9.17) is 10.4 Å². The van der Waals surface area contributed by atoms with Crippen molar-refractivity contribution in [1.82, 2.24) is 0 Å². The van der Waals surface area contributed by atoms with Crippen molar-refractivity contribution in [3.63, 3.8) is 0 Å². The molecule has 1 aromatic carbocycles. The van der Waals surface area contributed by atoms with Crippen LogP contribution in [0.15, 0.2) is 29.2 Å². The first-order chi connectivity index (χ1) is 9.92. The number of primary sulfonamides is 1. The predicted molar refractivity (Wildman–Crippen MR) is 85.9 cm³/mol. The van der Waals surface area contributed by atoms with E-state index in [-0.39, 0.29) is 0 Å². The fourth-order valence-electron chi connectivity index (χ4n) is 2.02. The highest BCUT2D eigenvalue weighted by atomic mass is 32.2. The lowest BCUT2D eigenvalue weighted by molar-refractivity contribution is 0.605. The summed E-state index contributed by atoms with van der Waals surface area (Å²) in [6, 6.07) is 9.03. The van der Waals surface area contributed by atoms with Gasteiger partial charge in [-0.05, 0) is 36.6 Å². The second-order valence-electron chi connectivity index (χ2n) is 4.74. The summed E-state index contributed by atoms with van der Waals surface area (Å²) in [6.45, 7) is 6.21. The third kappa shape index (κ3) is 5.21. The standard InChI is InChI=1S/C15H21N3O2S/c1-3-9-18(10-4-2)14-7-5-13(6-8-14)11-15(12-16)21(17,19)20/h5-8,11H,3-4,9-10H2,1-2H3,(H2,17,19,20)/b15-11+. The SMILES string of the molecule is CCCN(CCC)c1ccc(/C=C(\C#N)S(N)(=O)=O)cc1. The molecule has 0 aromatic heterocycles. The fourth-order valence-corrected chi connectivity index (χ4v) is 2.45. The van der Waals surface area contributed by atoms with Gasteiger partial charge in [0.2, 0.25) is 10.0 Å². The summed E-state index contributed by atoms with van der Waals surface area (Å²) in [6.07, 6.45) is 3.40. The van der Waals surface area contributed by atoms with E-state index in [1.807, 2.05) is 12.1 Å². The van der Waals surface area contributed by atoms with Crippen molar-refractivity contribution < 1.29 is 8.42 Å². The highest BCUT2D eigenvalue weighted by Gasteiger charge is 2.11. The lowest BCUT2D eigenvalue weighted by atomic mass is 10.1. The number of nitrogens with two attached hydrogens (primary N) is 1. The van der Waals surface area contributed by atoms with Gasteiger partial charge in [0.1, 0.15) is 6.07 Å². The maximum absolute atomic E-state index is 11.2. The van der Waals surface area contributed by atoms with Crippen molar-refractivity contribution in [2.75, 3.05) is 18.0 Å². The number of allylic oxidation sites excluding steroid dienone is 1. The van der Waals surface area contributed by atoms with Gasteiger partial charge < -0.3 is 4.90 Å². The Hall–Kier alpha value is -1.84. The average molecular weight is 307 g/mol. The van der Waals surface area contributed by atoms with Crippen molar-refractivity contribution in [2.45, 2.75) is 26.7 Å². The molecule has 0 spiro atoms. The van der Waals surface area contributed by atoms with E-state index >= 15 is 0 Å². The van der Waals surface area contributed by atoms with Crippen LogP contribution in [-0.4, -0.2) is 21.5 Å². The minimum absolute atomic E-state index is 0.436. The van der Waals surface area contributed by atoms with Crippen LogP contribution in [0.5, 0.6) is 0 Å². The molecule has 1 rings (SSSR count). The summed E-state index contributed by atoms with van der Waals surface area (Å²) in [5, 5.41) is 13.8. The van der Waals surface area contributed by atoms with Crippen LogP contribution < -0.4 is 10.0 Å². The van der Waals surface area contributed by atoms with E-state index in [0.29, 0.717) is 5.56 Å². The zero-order valence-corrected chi connectivity index (χ0v) is 13.2. The van der Waals surface area contributed by atoms with Gasteiger partial charge in [0.05, 0.1) is 0 Å². The summed E-state index contributed by atoms with van der Waals surface area (Å²) in [4.78, 5) is 1.84. The van der Waals surface area contributed by atoms with Gasteiger partial charge in [-0.1, -0.05) is 26.0 Å². The molecule has 0 atom stereocenters. The van der Waals surface area contributed by atoms with Crippen molar-refractivity contribution in [2.24, 2.45) is 5.14 Å². The second kappa shape index (κ2) is 7.81. The maximum Gasteiger partial charge on any atom is 0.248 e. The van der Waals surface area contributed by atoms with Crippen LogP contribution >= 0.6 is 0 Å². The average Bonchev–Trinajstić information content (AvgIpc) is 2.44. The molecule has 114 valence electrons. The minimum Gasteiger partial charge on any atom is -0.372 e. The van der Waals surface area contributed by atoms with Crippen molar-refractivity contribution in [1.29, 1.82) is 5.26 Å². The number of nitrogens with zero attached hydrogens (tertiary/aromatic N) is 2. The summed E-state index contributed by atoms with van der Waals surface area (Å²) in [5.74, 6) is 0. The van der Waals surface area contributed by atoms with Crippen LogP contribution in [0.4, 0.5) is 5.69 Å². The Morgan fingerprint density at radius 2 is 1.76 bits per heavy atom. The first kappa shape index (κ1) is 17.2. The molecule has 0 bridgehead atoms. The Bertz CT molecular complexity index is 622. The molecule has 0 radical (unpaired) electrons. The minimum atomic E-state index is -3.97. The largest absolute Gasteiger partial charge is 0.372 e. The normalized spacial score (nSPS) is 12.0. The summed E-state index contributed by atoms with van der Waals surface area (Å²) in [5.41, 5.74) is 1.72. The molecular formula is C15H21N3O2S. The Balaban J connectivity index is 3.02. The molecule has 0 heterocycles. The summed E-state index contributed by atoms with van der Waals surface area (Å²) in [7, 11) is -3.97. The van der Waals surface area contributed by atoms with Crippen LogP contribution in [0.1, 0.15) is 32.3 Å². The molecule has 5 nitrogen and oxygen atoms in total. The van der Waals surface area contributed by atoms with Crippen molar-refractivity contribution in [3.8, 4) is 6.07 Å². The third-order valence-corrected chi connectivity index (χ3v) is 3.78. The molecule has 0 saturated carbocycles. The van der Waals surface area contributed by atoms with Crippen LogP contribution in [-0.2, 0) is 10.0 Å². The van der Waals surface area contributed by atoms with Crippen LogP contribution in [0, 0.1) is 11.3 Å². The number of hydrogen-bond donors (Lipinski definition) is 1. The Morgan fingerprint density at radius 3 is 2.14 bits per heavy atom. The third-order valence-electron chi connectivity index (χ3n) is 2.96. The van der Waals surface area contributed by atoms with E-state index in [2.05, 4.69) is 18.7 Å². The molecule has 2 N–H and O–H groups in total. The van der Waals surface area contributed by atoms with E-state index in [0.717, 1.165) is 31.6 Å². The van der Waals surface area contributed by atoms with E-state index in [9.17, 15) is 8.42 Å². The van der Waals surface area contributed by atoms with Crippen molar-refractivity contribution in [3.05, 3.63) is 34.7 Å². The first-order valence-corrected chi connectivity index (χ1v) is 8.46. The second-order valence-corrected chi connectivity index (χ2v) is 6.27. The molecule has 6 heteroatoms. The number of sulfonamides is 1. The topological polar surface area (TPSA) is 87.2 Å². The van der Waals surface area contributed by atoms with E-state index in [1.54, 1.807) is 18.2 Å². The van der Waals surface area contributed by atoms with Gasteiger partial charge in [-0.3, -0.25) is 0 Å². The number of anilines is 1. The number of rotatable bonds is 7. The van der Waals surface area contributed by atoms with Crippen LogP contribution in [0.3, 0.4) is 0 Å². The van der Waals surface area contributed by atoms with E-state index in [1.165, 1.54) is 6.08 Å². The lowest BCUT2D eigenvalue weighted by Crippen LogP contribution is -2.24. The number of nitriles is 1. The van der Waals surface area contributed by atoms with Gasteiger partial charge in [0.15, 0.2) is 4.91 Å². The smallest absolute Gasteiger partial charge is 0.248 e. The van der Waals surface area contributed by atoms with Gasteiger partial charge in [-0.2, -0.15) is 5.26 Å². The molecule has 1 aromatic rings. The fraction of sp³-hybridized carbons (Fsp3) is 0.400. The summed E-state index contributed by atoms with van der Waals surface area (Å²) < 4.78 is 22.4. The molecule has 0 saturated heterocycles. The molecule has 0 fully saturated rings. The Labute approximate surface area is 126 Å². The van der Waals surface area contributed by atoms with Crippen LogP contribution in [0.2, 0.25) is 0 Å². The zero-order chi connectivity index (χ0) is 15.9. The molecule has 0 unspecified atom stereocenters. The Morgan fingerprint density at radius 1 is 1.24 bits per heavy atom. The van der Waals surface area contributed by atoms with Gasteiger partial charge in [-0.15, -0.1) is 0 Å². The zero-order valence-electron chi connectivity index (χ0n) is 12.4. The number of benzene rings is 1. The highest BCUT2D eigenvalue weighted by molar-refractivity contribution is 7.93. The van der Waals surface area contributed by atoms with Gasteiger partial charge in [0, 0.05) is 18.8 Å². The molecule has 0 aliphatic rings. The lowest BCUT2D eigenvalue weighted by Gasteiger charge is -2.23. The number of hydrogen-bond acceptors (Lipinski definition) is 4. The monoisotopic (exact) mass is 307 g/mol. The molecule has 21 heavy (non-hydrogen) atoms. The maximum atomic E-state index is 11.2. The van der Waals surface area contributed by atoms with Gasteiger partial charge >= 0.3 is 0 Å². The first-order valence-electron chi connectivity index (χ1n) is 6.92. The van der Waals surface area contributed by atoms with Crippen LogP contribution in [0.25, 0.3) is 6.08 Å². The van der Waals surface area contributed by atoms with Gasteiger partial charge in [0.25, 0.3) is 0 Å². The quantitative estimate of drug-likeness (QED) is 0.784. The molecule has 0 aliphatic heterocycles. The summed E-state index contributed by atoms with van der Waals surface area (Å²) >= 11 is 0.